The van der Waals surface area contributed by atoms with Crippen molar-refractivity contribution >= 4 is 15.9 Å². The molecule has 1 amide bonds. The van der Waals surface area contributed by atoms with Crippen molar-refractivity contribution in [3.05, 3.63) is 65.2 Å². The van der Waals surface area contributed by atoms with Crippen molar-refractivity contribution in [2.24, 2.45) is 0 Å². The summed E-state index contributed by atoms with van der Waals surface area (Å²) in [4.78, 5) is 11.3. The number of carbonyl (C=O) groups excluding carboxylic acids is 1. The topological polar surface area (TPSA) is 75.3 Å². The van der Waals surface area contributed by atoms with Gasteiger partial charge in [0.2, 0.25) is 10.0 Å². The van der Waals surface area contributed by atoms with Crippen LogP contribution in [-0.4, -0.2) is 27.0 Å². The number of benzene rings is 2. The smallest absolute Gasteiger partial charge is 0.343 e. The fourth-order valence-electron chi connectivity index (χ4n) is 2.42. The maximum absolute atomic E-state index is 12.8. The van der Waals surface area contributed by atoms with E-state index >= 15 is 0 Å². The second-order valence-electron chi connectivity index (χ2n) is 6.29. The van der Waals surface area contributed by atoms with Crippen molar-refractivity contribution in [3.8, 4) is 0 Å². The Morgan fingerprint density at radius 2 is 1.60 bits per heavy atom. The fourth-order valence-corrected chi connectivity index (χ4v) is 3.65. The van der Waals surface area contributed by atoms with Gasteiger partial charge in [-0.2, -0.15) is 26.3 Å². The van der Waals surface area contributed by atoms with Gasteiger partial charge in [-0.15, -0.1) is 0 Å². The molecule has 0 bridgehead atoms. The standard InChI is InChI=1S/C18H16F6N2O3S/c1-11(13-3-2-4-14(9-13)18(22,23)24)26-30(28,29)15-7-5-12(6-8-15)16(27)25-10-17(19,20)21/h2-9,11,26H,10H2,1H3,(H,25,27). The average Bonchev–Trinajstić information content (AvgIpc) is 2.64. The van der Waals surface area contributed by atoms with E-state index in [4.69, 9.17) is 0 Å². The third-order valence-corrected chi connectivity index (χ3v) is 5.48. The van der Waals surface area contributed by atoms with Crippen LogP contribution in [0.1, 0.15) is 34.5 Å². The lowest BCUT2D eigenvalue weighted by molar-refractivity contribution is -0.137. The zero-order valence-electron chi connectivity index (χ0n) is 15.3. The molecule has 12 heteroatoms. The first-order valence-electron chi connectivity index (χ1n) is 8.33. The Hall–Kier alpha value is -2.60. The van der Waals surface area contributed by atoms with E-state index in [1.807, 2.05) is 0 Å². The minimum Gasteiger partial charge on any atom is -0.343 e. The molecule has 5 nitrogen and oxygen atoms in total. The van der Waals surface area contributed by atoms with Crippen molar-refractivity contribution < 1.29 is 39.6 Å². The van der Waals surface area contributed by atoms with E-state index in [2.05, 4.69) is 4.72 Å². The molecule has 0 aliphatic heterocycles. The summed E-state index contributed by atoms with van der Waals surface area (Å²) in [5.74, 6) is -1.04. The molecule has 30 heavy (non-hydrogen) atoms. The Balaban J connectivity index is 2.13. The molecular formula is C18H16F6N2O3S. The summed E-state index contributed by atoms with van der Waals surface area (Å²) in [6.07, 6.45) is -9.18. The number of carbonyl (C=O) groups is 1. The molecule has 0 saturated carbocycles. The highest BCUT2D eigenvalue weighted by Gasteiger charge is 2.31. The molecule has 0 fully saturated rings. The molecule has 164 valence electrons. The van der Waals surface area contributed by atoms with E-state index in [0.29, 0.717) is 0 Å². The third-order valence-electron chi connectivity index (χ3n) is 3.92. The molecule has 0 radical (unpaired) electrons. The summed E-state index contributed by atoms with van der Waals surface area (Å²) in [6.45, 7) is -0.187. The highest BCUT2D eigenvalue weighted by atomic mass is 32.2. The van der Waals surface area contributed by atoms with E-state index in [1.54, 1.807) is 5.32 Å². The quantitative estimate of drug-likeness (QED) is 0.647. The fraction of sp³-hybridized carbons (Fsp3) is 0.278. The Morgan fingerprint density at radius 1 is 1.00 bits per heavy atom. The van der Waals surface area contributed by atoms with E-state index < -0.39 is 46.4 Å². The molecule has 0 aliphatic carbocycles. The monoisotopic (exact) mass is 454 g/mol. The number of sulfonamides is 1. The molecule has 0 spiro atoms. The van der Waals surface area contributed by atoms with Gasteiger partial charge in [0.1, 0.15) is 6.54 Å². The number of rotatable bonds is 6. The van der Waals surface area contributed by atoms with Gasteiger partial charge in [-0.3, -0.25) is 4.79 Å². The van der Waals surface area contributed by atoms with Crippen molar-refractivity contribution in [2.75, 3.05) is 6.54 Å². The Labute approximate surface area is 168 Å². The number of hydrogen-bond donors (Lipinski definition) is 2. The molecule has 1 unspecified atom stereocenters. The lowest BCUT2D eigenvalue weighted by Gasteiger charge is -2.16. The van der Waals surface area contributed by atoms with Crippen LogP contribution in [0.3, 0.4) is 0 Å². The highest BCUT2D eigenvalue weighted by Crippen LogP contribution is 2.31. The van der Waals surface area contributed by atoms with Crippen molar-refractivity contribution in [2.45, 2.75) is 30.2 Å². The van der Waals surface area contributed by atoms with E-state index in [-0.39, 0.29) is 16.0 Å². The van der Waals surface area contributed by atoms with Crippen LogP contribution in [-0.2, 0) is 16.2 Å². The molecule has 0 aromatic heterocycles. The second-order valence-corrected chi connectivity index (χ2v) is 8.00. The maximum atomic E-state index is 12.8. The molecule has 0 aliphatic rings. The van der Waals surface area contributed by atoms with Gasteiger partial charge in [0, 0.05) is 11.6 Å². The lowest BCUT2D eigenvalue weighted by atomic mass is 10.1. The van der Waals surface area contributed by atoms with Crippen LogP contribution >= 0.6 is 0 Å². The van der Waals surface area contributed by atoms with Crippen molar-refractivity contribution in [3.63, 3.8) is 0 Å². The van der Waals surface area contributed by atoms with Gasteiger partial charge >= 0.3 is 12.4 Å². The second kappa shape index (κ2) is 8.64. The highest BCUT2D eigenvalue weighted by molar-refractivity contribution is 7.89. The largest absolute Gasteiger partial charge is 0.416 e. The first-order chi connectivity index (χ1) is 13.7. The zero-order valence-corrected chi connectivity index (χ0v) is 16.1. The van der Waals surface area contributed by atoms with Crippen LogP contribution in [0.15, 0.2) is 53.4 Å². The first kappa shape index (κ1) is 23.7. The van der Waals surface area contributed by atoms with Crippen LogP contribution in [0.25, 0.3) is 0 Å². The molecule has 2 aromatic carbocycles. The van der Waals surface area contributed by atoms with Gasteiger partial charge in [-0.1, -0.05) is 12.1 Å². The lowest BCUT2D eigenvalue weighted by Crippen LogP contribution is -2.33. The number of amides is 1. The number of halogens is 6. The minimum absolute atomic E-state index is 0.0801. The van der Waals surface area contributed by atoms with Crippen LogP contribution < -0.4 is 10.0 Å². The normalized spacial score (nSPS) is 13.7. The summed E-state index contributed by atoms with van der Waals surface area (Å²) >= 11 is 0. The average molecular weight is 454 g/mol. The van der Waals surface area contributed by atoms with Gasteiger partial charge in [0.25, 0.3) is 5.91 Å². The van der Waals surface area contributed by atoms with Crippen LogP contribution in [0, 0.1) is 0 Å². The molecule has 2 N–H and O–H groups in total. The molecule has 2 aromatic rings. The predicted molar refractivity (Wildman–Crippen MR) is 95.0 cm³/mol. The SMILES string of the molecule is CC(NS(=O)(=O)c1ccc(C(=O)NCC(F)(F)F)cc1)c1cccc(C(F)(F)F)c1. The predicted octanol–water partition coefficient (Wildman–Crippen LogP) is 4.04. The molecule has 0 heterocycles. The summed E-state index contributed by atoms with van der Waals surface area (Å²) in [5.41, 5.74) is -1.04. The van der Waals surface area contributed by atoms with Crippen molar-refractivity contribution in [1.29, 1.82) is 0 Å². The Bertz CT molecular complexity index is 1000. The summed E-state index contributed by atoms with van der Waals surface area (Å²) in [6, 6.07) is 7.20. The summed E-state index contributed by atoms with van der Waals surface area (Å²) < 4.78 is 102. The third kappa shape index (κ3) is 6.46. The van der Waals surface area contributed by atoms with Crippen LogP contribution in [0.5, 0.6) is 0 Å². The molecule has 2 rings (SSSR count). The molecule has 0 saturated heterocycles. The van der Waals surface area contributed by atoms with Crippen LogP contribution in [0.4, 0.5) is 26.3 Å². The van der Waals surface area contributed by atoms with E-state index in [1.165, 1.54) is 13.0 Å². The van der Waals surface area contributed by atoms with Crippen LogP contribution in [0.2, 0.25) is 0 Å². The minimum atomic E-state index is -4.59. The number of alkyl halides is 6. The van der Waals surface area contributed by atoms with Gasteiger partial charge in [-0.25, -0.2) is 13.1 Å². The van der Waals surface area contributed by atoms with Gasteiger partial charge in [0.15, 0.2) is 0 Å². The molecule has 1 atom stereocenters. The van der Waals surface area contributed by atoms with Gasteiger partial charge in [0.05, 0.1) is 10.5 Å². The Morgan fingerprint density at radius 3 is 2.13 bits per heavy atom. The van der Waals surface area contributed by atoms with Gasteiger partial charge < -0.3 is 5.32 Å². The number of nitrogens with one attached hydrogen (secondary N) is 2. The van der Waals surface area contributed by atoms with Crippen molar-refractivity contribution in [1.82, 2.24) is 10.0 Å². The number of hydrogen-bond acceptors (Lipinski definition) is 3. The van der Waals surface area contributed by atoms with E-state index in [0.717, 1.165) is 42.5 Å². The van der Waals surface area contributed by atoms with E-state index in [9.17, 15) is 39.6 Å². The summed E-state index contributed by atoms with van der Waals surface area (Å²) in [5, 5.41) is 1.65. The maximum Gasteiger partial charge on any atom is 0.416 e. The molecular weight excluding hydrogens is 438 g/mol. The first-order valence-corrected chi connectivity index (χ1v) is 9.82. The zero-order chi connectivity index (χ0) is 22.7. The summed E-state index contributed by atoms with van der Waals surface area (Å²) in [7, 11) is -4.18. The van der Waals surface area contributed by atoms with Gasteiger partial charge in [-0.05, 0) is 48.9 Å². The Kier molecular flexibility index (Phi) is 6.82.